The van der Waals surface area contributed by atoms with Crippen LogP contribution >= 0.6 is 11.6 Å². The van der Waals surface area contributed by atoms with E-state index in [2.05, 4.69) is 9.71 Å². The first kappa shape index (κ1) is 14.3. The minimum atomic E-state index is -3.73. The van der Waals surface area contributed by atoms with Crippen LogP contribution in [0, 0.1) is 0 Å². The zero-order valence-electron chi connectivity index (χ0n) is 11.0. The SMILES string of the molecule is O=c1[nH]cc(S(=O)(=O)NC2CCc3ccccc32)cc1Cl. The third kappa shape index (κ3) is 2.74. The third-order valence-electron chi connectivity index (χ3n) is 3.57. The van der Waals surface area contributed by atoms with Crippen LogP contribution < -0.4 is 10.3 Å². The molecular weight excluding hydrogens is 312 g/mol. The lowest BCUT2D eigenvalue weighted by atomic mass is 10.1. The van der Waals surface area contributed by atoms with Crippen LogP contribution in [0.1, 0.15) is 23.6 Å². The molecule has 0 bridgehead atoms. The Labute approximate surface area is 127 Å². The maximum atomic E-state index is 12.4. The van der Waals surface area contributed by atoms with Crippen LogP contribution in [-0.2, 0) is 16.4 Å². The number of rotatable bonds is 3. The van der Waals surface area contributed by atoms with Crippen LogP contribution in [-0.4, -0.2) is 13.4 Å². The number of hydrogen-bond donors (Lipinski definition) is 2. The summed E-state index contributed by atoms with van der Waals surface area (Å²) >= 11 is 5.68. The summed E-state index contributed by atoms with van der Waals surface area (Å²) in [6, 6.07) is 8.66. The second-order valence-electron chi connectivity index (χ2n) is 4.92. The van der Waals surface area contributed by atoms with Crippen molar-refractivity contribution in [2.75, 3.05) is 0 Å². The van der Waals surface area contributed by atoms with E-state index in [1.165, 1.54) is 0 Å². The summed E-state index contributed by atoms with van der Waals surface area (Å²) in [6.07, 6.45) is 2.71. The molecule has 0 aliphatic heterocycles. The van der Waals surface area contributed by atoms with Crippen LogP contribution in [0.5, 0.6) is 0 Å². The van der Waals surface area contributed by atoms with Gasteiger partial charge >= 0.3 is 0 Å². The molecule has 0 radical (unpaired) electrons. The predicted molar refractivity (Wildman–Crippen MR) is 79.9 cm³/mol. The average Bonchev–Trinajstić information content (AvgIpc) is 2.85. The van der Waals surface area contributed by atoms with E-state index in [-0.39, 0.29) is 16.0 Å². The number of pyridine rings is 1. The molecule has 2 aromatic rings. The highest BCUT2D eigenvalue weighted by Crippen LogP contribution is 2.31. The summed E-state index contributed by atoms with van der Waals surface area (Å²) in [5, 5.41) is -0.148. The highest BCUT2D eigenvalue weighted by Gasteiger charge is 2.27. The molecule has 1 heterocycles. The van der Waals surface area contributed by atoms with Crippen LogP contribution in [0.4, 0.5) is 0 Å². The van der Waals surface area contributed by atoms with Crippen molar-refractivity contribution in [2.24, 2.45) is 0 Å². The molecule has 1 aromatic heterocycles. The Bertz CT molecular complexity index is 845. The first-order valence-electron chi connectivity index (χ1n) is 6.46. The van der Waals surface area contributed by atoms with Crippen molar-refractivity contribution >= 4 is 21.6 Å². The molecule has 21 heavy (non-hydrogen) atoms. The van der Waals surface area contributed by atoms with Crippen molar-refractivity contribution in [1.29, 1.82) is 0 Å². The van der Waals surface area contributed by atoms with Gasteiger partial charge in [0, 0.05) is 12.2 Å². The van der Waals surface area contributed by atoms with E-state index in [1.807, 2.05) is 24.3 Å². The Balaban J connectivity index is 1.91. The normalized spacial score (nSPS) is 17.7. The van der Waals surface area contributed by atoms with Gasteiger partial charge in [-0.25, -0.2) is 13.1 Å². The van der Waals surface area contributed by atoms with Gasteiger partial charge in [-0.15, -0.1) is 0 Å². The Hall–Kier alpha value is -1.63. The average molecular weight is 325 g/mol. The number of aromatic amines is 1. The molecule has 2 N–H and O–H groups in total. The molecule has 5 nitrogen and oxygen atoms in total. The molecule has 1 unspecified atom stereocenters. The van der Waals surface area contributed by atoms with Crippen molar-refractivity contribution in [2.45, 2.75) is 23.8 Å². The molecule has 0 saturated heterocycles. The molecule has 110 valence electrons. The lowest BCUT2D eigenvalue weighted by Crippen LogP contribution is -2.28. The number of halogens is 1. The standard InChI is InChI=1S/C14H13ClN2O3S/c15-12-7-10(8-16-14(12)18)21(19,20)17-13-6-5-9-3-1-2-4-11(9)13/h1-4,7-8,13,17H,5-6H2,(H,16,18). The van der Waals surface area contributed by atoms with Gasteiger partial charge in [0.25, 0.3) is 5.56 Å². The minimum absolute atomic E-state index is 0.0449. The first-order valence-corrected chi connectivity index (χ1v) is 8.32. The molecule has 0 fully saturated rings. The second kappa shape index (κ2) is 5.29. The van der Waals surface area contributed by atoms with Crippen LogP contribution in [0.2, 0.25) is 5.02 Å². The molecular formula is C14H13ClN2O3S. The van der Waals surface area contributed by atoms with E-state index in [0.717, 1.165) is 36.2 Å². The molecule has 3 rings (SSSR count). The molecule has 7 heteroatoms. The number of aromatic nitrogens is 1. The lowest BCUT2D eigenvalue weighted by Gasteiger charge is -2.14. The quantitative estimate of drug-likeness (QED) is 0.906. The molecule has 1 aliphatic carbocycles. The highest BCUT2D eigenvalue weighted by atomic mass is 35.5. The van der Waals surface area contributed by atoms with E-state index in [1.54, 1.807) is 0 Å². The van der Waals surface area contributed by atoms with Gasteiger partial charge < -0.3 is 4.98 Å². The van der Waals surface area contributed by atoms with Crippen LogP contribution in [0.15, 0.2) is 46.2 Å². The Kier molecular flexibility index (Phi) is 3.61. The van der Waals surface area contributed by atoms with E-state index in [9.17, 15) is 13.2 Å². The number of nitrogens with one attached hydrogen (secondary N) is 2. The number of aryl methyl sites for hydroxylation is 1. The minimum Gasteiger partial charge on any atom is -0.326 e. The van der Waals surface area contributed by atoms with Gasteiger partial charge in [0.2, 0.25) is 10.0 Å². The van der Waals surface area contributed by atoms with E-state index in [4.69, 9.17) is 11.6 Å². The van der Waals surface area contributed by atoms with Gasteiger partial charge in [0.1, 0.15) is 5.02 Å². The lowest BCUT2D eigenvalue weighted by molar-refractivity contribution is 0.554. The fourth-order valence-electron chi connectivity index (χ4n) is 2.53. The Morgan fingerprint density at radius 2 is 2.05 bits per heavy atom. The summed E-state index contributed by atoms with van der Waals surface area (Å²) < 4.78 is 27.4. The van der Waals surface area contributed by atoms with Gasteiger partial charge in [-0.05, 0) is 30.0 Å². The van der Waals surface area contributed by atoms with Gasteiger partial charge in [-0.3, -0.25) is 4.79 Å². The van der Waals surface area contributed by atoms with Gasteiger partial charge in [0.05, 0.1) is 4.90 Å². The van der Waals surface area contributed by atoms with Crippen molar-refractivity contribution in [3.05, 3.63) is 63.0 Å². The third-order valence-corrected chi connectivity index (χ3v) is 5.30. The van der Waals surface area contributed by atoms with Crippen LogP contribution in [0.3, 0.4) is 0 Å². The molecule has 0 amide bonds. The first-order chi connectivity index (χ1) is 9.97. The maximum Gasteiger partial charge on any atom is 0.266 e. The maximum absolute atomic E-state index is 12.4. The van der Waals surface area contributed by atoms with Crippen molar-refractivity contribution < 1.29 is 8.42 Å². The molecule has 1 aliphatic rings. The fraction of sp³-hybridized carbons (Fsp3) is 0.214. The summed E-state index contributed by atoms with van der Waals surface area (Å²) in [5.41, 5.74) is 1.64. The largest absolute Gasteiger partial charge is 0.326 e. The number of fused-ring (bicyclic) bond motifs is 1. The summed E-state index contributed by atoms with van der Waals surface area (Å²) in [4.78, 5) is 13.5. The van der Waals surface area contributed by atoms with Crippen molar-refractivity contribution in [1.82, 2.24) is 9.71 Å². The smallest absolute Gasteiger partial charge is 0.266 e. The van der Waals surface area contributed by atoms with Crippen molar-refractivity contribution in [3.63, 3.8) is 0 Å². The number of hydrogen-bond acceptors (Lipinski definition) is 3. The number of H-pyrrole nitrogens is 1. The predicted octanol–water partition coefficient (Wildman–Crippen LogP) is 1.99. The molecule has 0 spiro atoms. The van der Waals surface area contributed by atoms with E-state index >= 15 is 0 Å². The highest BCUT2D eigenvalue weighted by molar-refractivity contribution is 7.89. The zero-order valence-corrected chi connectivity index (χ0v) is 12.5. The fourth-order valence-corrected chi connectivity index (χ4v) is 4.01. The van der Waals surface area contributed by atoms with Gasteiger partial charge in [-0.2, -0.15) is 0 Å². The van der Waals surface area contributed by atoms with E-state index in [0.29, 0.717) is 0 Å². The Morgan fingerprint density at radius 3 is 2.81 bits per heavy atom. The molecule has 1 atom stereocenters. The molecule has 0 saturated carbocycles. The van der Waals surface area contributed by atoms with Crippen molar-refractivity contribution in [3.8, 4) is 0 Å². The summed E-state index contributed by atoms with van der Waals surface area (Å²) in [6.45, 7) is 0. The summed E-state index contributed by atoms with van der Waals surface area (Å²) in [7, 11) is -3.73. The van der Waals surface area contributed by atoms with Gasteiger partial charge in [0.15, 0.2) is 0 Å². The number of sulfonamides is 1. The topological polar surface area (TPSA) is 79.0 Å². The van der Waals surface area contributed by atoms with E-state index < -0.39 is 15.6 Å². The summed E-state index contributed by atoms with van der Waals surface area (Å²) in [5.74, 6) is 0. The molecule has 1 aromatic carbocycles. The monoisotopic (exact) mass is 324 g/mol. The van der Waals surface area contributed by atoms with Crippen LogP contribution in [0.25, 0.3) is 0 Å². The second-order valence-corrected chi connectivity index (χ2v) is 7.04. The zero-order chi connectivity index (χ0) is 15.0. The van der Waals surface area contributed by atoms with Gasteiger partial charge in [-0.1, -0.05) is 35.9 Å². The number of benzene rings is 1. The Morgan fingerprint density at radius 1 is 1.29 bits per heavy atom.